The third-order valence-corrected chi connectivity index (χ3v) is 5.53. The fourth-order valence-corrected chi connectivity index (χ4v) is 3.86. The van der Waals surface area contributed by atoms with Gasteiger partial charge in [-0.05, 0) is 0 Å². The summed E-state index contributed by atoms with van der Waals surface area (Å²) in [6.07, 6.45) is -0.550. The van der Waals surface area contributed by atoms with Crippen molar-refractivity contribution in [2.45, 2.75) is 6.10 Å². The van der Waals surface area contributed by atoms with Crippen molar-refractivity contribution in [2.24, 2.45) is 0 Å². The Morgan fingerprint density at radius 2 is 1.42 bits per heavy atom. The minimum atomic E-state index is -0.550. The molecule has 1 atom stereocenters. The summed E-state index contributed by atoms with van der Waals surface area (Å²) in [5, 5.41) is 10.5. The van der Waals surface area contributed by atoms with Gasteiger partial charge < -0.3 is 71.9 Å². The summed E-state index contributed by atoms with van der Waals surface area (Å²) in [7, 11) is 4.69. The third-order valence-electron chi connectivity index (χ3n) is 5.53. The van der Waals surface area contributed by atoms with Crippen LogP contribution >= 0.6 is 0 Å². The van der Waals surface area contributed by atoms with E-state index in [4.69, 9.17) is 18.9 Å². The molecule has 2 aromatic rings. The Balaban J connectivity index is 0.00000341. The molecule has 188 valence electrons. The van der Waals surface area contributed by atoms with Gasteiger partial charge >= 0.3 is 0 Å². The number of aliphatic hydroxyl groups is 1. The molecule has 0 radical (unpaired) electrons. The van der Waals surface area contributed by atoms with E-state index in [-0.39, 0.29) is 43.8 Å². The van der Waals surface area contributed by atoms with E-state index in [9.17, 15) is 5.11 Å². The van der Waals surface area contributed by atoms with Crippen LogP contribution in [0.1, 0.15) is 0 Å². The van der Waals surface area contributed by atoms with E-state index in [2.05, 4.69) is 30.0 Å². The van der Waals surface area contributed by atoms with Gasteiger partial charge in [0, 0.05) is 36.4 Å². The van der Waals surface area contributed by atoms with Crippen LogP contribution in [0, 0.1) is 0 Å². The average molecular weight is 527 g/mol. The summed E-state index contributed by atoms with van der Waals surface area (Å²) in [5.41, 5.74) is 6.30. The summed E-state index contributed by atoms with van der Waals surface area (Å²) < 4.78 is 21.8. The van der Waals surface area contributed by atoms with Crippen LogP contribution in [-0.4, -0.2) is 71.9 Å². The van der Waals surface area contributed by atoms with Crippen molar-refractivity contribution in [3.05, 3.63) is 36.4 Å². The Bertz CT molecular complexity index is 796. The first-order valence-corrected chi connectivity index (χ1v) is 10.3. The molecule has 2 aromatic carbocycles. The Hall–Kier alpha value is -1.65. The van der Waals surface area contributed by atoms with Crippen LogP contribution in [0.15, 0.2) is 36.4 Å². The molecule has 33 heavy (non-hydrogen) atoms. The van der Waals surface area contributed by atoms with Gasteiger partial charge in [-0.2, -0.15) is 0 Å². The van der Waals surface area contributed by atoms with E-state index in [1.807, 2.05) is 0 Å². The number of nitrogens with one attached hydrogen (secondary N) is 2. The Labute approximate surface area is 214 Å². The van der Waals surface area contributed by atoms with Crippen LogP contribution < -0.4 is 71.7 Å². The van der Waals surface area contributed by atoms with E-state index < -0.39 is 6.10 Å². The van der Waals surface area contributed by atoms with Crippen LogP contribution in [-0.2, 0) is 0 Å². The summed E-state index contributed by atoms with van der Waals surface area (Å²) >= 11 is 0. The molecule has 11 heteroatoms. The van der Waals surface area contributed by atoms with Crippen LogP contribution in [0.4, 0.5) is 11.4 Å². The summed E-state index contributed by atoms with van der Waals surface area (Å²) in [4.78, 5) is 2.88. The van der Waals surface area contributed by atoms with Gasteiger partial charge in [-0.1, -0.05) is 0 Å². The molecule has 0 aromatic heterocycles. The lowest BCUT2D eigenvalue weighted by Gasteiger charge is -2.30. The number of quaternary nitrogens is 3. The molecular weight excluding hydrogens is 493 g/mol. The second-order valence-electron chi connectivity index (χ2n) is 7.58. The highest BCUT2D eigenvalue weighted by molar-refractivity contribution is 5.55. The van der Waals surface area contributed by atoms with Crippen molar-refractivity contribution in [1.82, 2.24) is 0 Å². The first kappa shape index (κ1) is 31.4. The fourth-order valence-electron chi connectivity index (χ4n) is 3.86. The predicted molar refractivity (Wildman–Crippen MR) is 113 cm³/mol. The molecule has 1 aliphatic heterocycles. The highest BCUT2D eigenvalue weighted by Crippen LogP contribution is 2.40. The number of hydrogen-bond acceptors (Lipinski definition) is 5. The van der Waals surface area contributed by atoms with Gasteiger partial charge in [0.25, 0.3) is 0 Å². The van der Waals surface area contributed by atoms with Crippen molar-refractivity contribution >= 4 is 11.4 Å². The number of aliphatic hydroxyl groups excluding tert-OH is 1. The number of hydrogen-bond donors (Lipinski definition) is 4. The van der Waals surface area contributed by atoms with Crippen LogP contribution in [0.5, 0.6) is 23.0 Å². The van der Waals surface area contributed by atoms with E-state index in [0.29, 0.717) is 29.5 Å². The number of rotatable bonds is 9. The van der Waals surface area contributed by atoms with E-state index in [1.165, 1.54) is 15.5 Å². The van der Waals surface area contributed by atoms with E-state index in [0.717, 1.165) is 31.9 Å². The standard InChI is InChI=1S/C22H31N3O5.3ClH/c1-27-20-12-19(13-21(28-2)22(20)29-3)30-15-18(26)14-24-8-10-25(11-9-24)17-6-4-16(23)5-7-17;;;/h4-7,12-13,18,26H,8-11,14-15,23H2,1-3H3;3*1H. The molecule has 8 nitrogen and oxygen atoms in total. The average Bonchev–Trinajstić information content (AvgIpc) is 2.78. The normalized spacial score (nSPS) is 18.0. The monoisotopic (exact) mass is 525 g/mol. The lowest BCUT2D eigenvalue weighted by molar-refractivity contribution is -0.988. The number of benzene rings is 2. The summed E-state index contributed by atoms with van der Waals surface area (Å²) in [6, 6.07) is 11.9. The van der Waals surface area contributed by atoms with Crippen molar-refractivity contribution in [3.8, 4) is 23.0 Å². The maximum Gasteiger partial charge on any atom is 0.203 e. The van der Waals surface area contributed by atoms with Gasteiger partial charge in [-0.15, -0.1) is 0 Å². The topological polar surface area (TPSA) is 93.7 Å². The van der Waals surface area contributed by atoms with Crippen molar-refractivity contribution < 1.29 is 76.8 Å². The Morgan fingerprint density at radius 3 is 1.91 bits per heavy atom. The highest BCUT2D eigenvalue weighted by Gasteiger charge is 2.26. The SMILES string of the molecule is COc1cc(OCC(O)C[NH+]2CC[NH+](c3ccc([NH3+])cc3)CC2)cc(OC)c1OC.[Cl-].[Cl-].[Cl-]. The molecular formula is C22H34Cl3N3O5. The predicted octanol–water partition coefficient (Wildman–Crippen LogP) is -10.5. The zero-order chi connectivity index (χ0) is 21.5. The molecule has 0 spiro atoms. The molecule has 0 saturated carbocycles. The van der Waals surface area contributed by atoms with Gasteiger partial charge in [-0.25, -0.2) is 0 Å². The van der Waals surface area contributed by atoms with Crippen molar-refractivity contribution in [3.63, 3.8) is 0 Å². The van der Waals surface area contributed by atoms with Crippen molar-refractivity contribution in [2.75, 3.05) is 60.7 Å². The zero-order valence-electron chi connectivity index (χ0n) is 19.2. The maximum atomic E-state index is 10.5. The molecule has 0 aliphatic carbocycles. The smallest absolute Gasteiger partial charge is 0.203 e. The number of halogens is 3. The van der Waals surface area contributed by atoms with Crippen LogP contribution in [0.2, 0.25) is 0 Å². The molecule has 0 bridgehead atoms. The maximum absolute atomic E-state index is 10.5. The molecule has 0 amide bonds. The minimum Gasteiger partial charge on any atom is -1.00 e. The summed E-state index contributed by atoms with van der Waals surface area (Å²) in [6.45, 7) is 5.00. The second-order valence-corrected chi connectivity index (χ2v) is 7.58. The molecule has 1 aliphatic rings. The largest absolute Gasteiger partial charge is 1.00 e. The second kappa shape index (κ2) is 15.3. The fraction of sp³-hybridized carbons (Fsp3) is 0.455. The lowest BCUT2D eigenvalue weighted by atomic mass is 10.2. The lowest BCUT2D eigenvalue weighted by Crippen LogP contribution is -3.26. The number of piperazine rings is 1. The van der Waals surface area contributed by atoms with Crippen molar-refractivity contribution in [1.29, 1.82) is 0 Å². The number of ether oxygens (including phenoxy) is 4. The van der Waals surface area contributed by atoms with Gasteiger partial charge in [0.2, 0.25) is 5.75 Å². The molecule has 3 rings (SSSR count). The molecule has 1 unspecified atom stereocenters. The first-order chi connectivity index (χ1) is 14.5. The first-order valence-electron chi connectivity index (χ1n) is 10.3. The molecule has 1 fully saturated rings. The third kappa shape index (κ3) is 8.57. The number of methoxy groups -OCH3 is 3. The summed E-state index contributed by atoms with van der Waals surface area (Å²) in [5.74, 6) is 2.14. The van der Waals surface area contributed by atoms with Gasteiger partial charge in [0.15, 0.2) is 11.5 Å². The van der Waals surface area contributed by atoms with Crippen LogP contribution in [0.25, 0.3) is 0 Å². The Kier molecular flexibility index (Phi) is 14.5. The van der Waals surface area contributed by atoms with Crippen LogP contribution in [0.3, 0.4) is 0 Å². The molecule has 1 saturated heterocycles. The van der Waals surface area contributed by atoms with Gasteiger partial charge in [0.1, 0.15) is 62.6 Å². The highest BCUT2D eigenvalue weighted by atomic mass is 35.5. The quantitative estimate of drug-likeness (QED) is 0.260. The molecule has 1 heterocycles. The van der Waals surface area contributed by atoms with Gasteiger partial charge in [0.05, 0.1) is 21.3 Å². The van der Waals surface area contributed by atoms with E-state index >= 15 is 0 Å². The van der Waals surface area contributed by atoms with E-state index in [1.54, 1.807) is 33.5 Å². The minimum absolute atomic E-state index is 0. The van der Waals surface area contributed by atoms with Gasteiger partial charge in [-0.3, -0.25) is 4.90 Å². The zero-order valence-corrected chi connectivity index (χ0v) is 21.5. The molecule has 6 N–H and O–H groups in total. The Morgan fingerprint density at radius 1 is 0.879 bits per heavy atom.